The minimum absolute atomic E-state index is 0.425. The zero-order valence-corrected chi connectivity index (χ0v) is 11.9. The lowest BCUT2D eigenvalue weighted by molar-refractivity contribution is 1.77. The highest BCUT2D eigenvalue weighted by Crippen LogP contribution is 2.45. The molecule has 0 heterocycles. The van der Waals surface area contributed by atoms with Crippen molar-refractivity contribution in [1.82, 2.24) is 0 Å². The summed E-state index contributed by atoms with van der Waals surface area (Å²) in [6, 6.07) is 14.4. The van der Waals surface area contributed by atoms with Crippen molar-refractivity contribution in [3.8, 4) is 0 Å². The summed E-state index contributed by atoms with van der Waals surface area (Å²) in [4.78, 5) is 0. The van der Waals surface area contributed by atoms with Crippen molar-refractivity contribution in [2.24, 2.45) is 0 Å². The van der Waals surface area contributed by atoms with Crippen LogP contribution in [0.25, 0.3) is 32.3 Å². The third-order valence-corrected chi connectivity index (χ3v) is 4.99. The van der Waals surface area contributed by atoms with E-state index in [0.29, 0.717) is 15.1 Å². The number of hydrogen-bond donors (Lipinski definition) is 0. The fourth-order valence-electron chi connectivity index (χ4n) is 2.78. The van der Waals surface area contributed by atoms with Gasteiger partial charge in [-0.3, -0.25) is 0 Å². The minimum Gasteiger partial charge on any atom is -0.0820 e. The van der Waals surface area contributed by atoms with Crippen LogP contribution in [0.15, 0.2) is 42.5 Å². The van der Waals surface area contributed by atoms with Crippen LogP contribution in [0.5, 0.6) is 0 Å². The second-order valence-electron chi connectivity index (χ2n) is 4.62. The average molecular weight is 306 g/mol. The molecule has 4 rings (SSSR count). The molecule has 0 aliphatic rings. The molecule has 92 valence electrons. The van der Waals surface area contributed by atoms with Gasteiger partial charge in [-0.15, -0.1) is 0 Å². The minimum atomic E-state index is 0.425. The smallest absolute Gasteiger partial charge is 0.0791 e. The first-order valence-electron chi connectivity index (χ1n) is 5.88. The Morgan fingerprint density at radius 2 is 1.05 bits per heavy atom. The van der Waals surface area contributed by atoms with Crippen LogP contribution in [0.2, 0.25) is 15.1 Å². The van der Waals surface area contributed by atoms with Crippen molar-refractivity contribution in [2.75, 3.05) is 0 Å². The van der Waals surface area contributed by atoms with E-state index in [2.05, 4.69) is 30.3 Å². The van der Waals surface area contributed by atoms with Gasteiger partial charge in [-0.05, 0) is 16.2 Å². The van der Waals surface area contributed by atoms with Gasteiger partial charge in [-0.1, -0.05) is 77.3 Å². The van der Waals surface area contributed by atoms with Gasteiger partial charge in [0.25, 0.3) is 0 Å². The maximum Gasteiger partial charge on any atom is 0.0791 e. The maximum absolute atomic E-state index is 6.34. The Balaban J connectivity index is 2.47. The second-order valence-corrected chi connectivity index (χ2v) is 5.76. The van der Waals surface area contributed by atoms with Crippen LogP contribution in [0.4, 0.5) is 0 Å². The summed E-state index contributed by atoms with van der Waals surface area (Å²) in [5, 5.41) is 8.04. The predicted molar refractivity (Wildman–Crippen MR) is 85.2 cm³/mol. The summed E-state index contributed by atoms with van der Waals surface area (Å²) < 4.78 is 0. The Morgan fingerprint density at radius 3 is 1.58 bits per heavy atom. The third kappa shape index (κ3) is 1.42. The normalized spacial score (nSPS) is 11.9. The van der Waals surface area contributed by atoms with Crippen LogP contribution in [-0.2, 0) is 0 Å². The molecule has 0 aliphatic carbocycles. The van der Waals surface area contributed by atoms with Gasteiger partial charge in [0.1, 0.15) is 0 Å². The molecule has 0 saturated carbocycles. The van der Waals surface area contributed by atoms with Crippen molar-refractivity contribution in [3.05, 3.63) is 57.5 Å². The van der Waals surface area contributed by atoms with Crippen molar-refractivity contribution < 1.29 is 0 Å². The molecule has 0 amide bonds. The van der Waals surface area contributed by atoms with E-state index in [4.69, 9.17) is 34.8 Å². The van der Waals surface area contributed by atoms with Crippen LogP contribution in [0, 0.1) is 0 Å². The molecule has 0 radical (unpaired) electrons. The van der Waals surface area contributed by atoms with E-state index in [1.165, 1.54) is 16.2 Å². The van der Waals surface area contributed by atoms with Gasteiger partial charge >= 0.3 is 0 Å². The molecule has 0 fully saturated rings. The number of hydrogen-bond acceptors (Lipinski definition) is 0. The Bertz CT molecular complexity index is 871. The van der Waals surface area contributed by atoms with Gasteiger partial charge in [0, 0.05) is 16.2 Å². The zero-order chi connectivity index (χ0) is 13.1. The zero-order valence-electron chi connectivity index (χ0n) is 9.68. The van der Waals surface area contributed by atoms with Gasteiger partial charge in [-0.25, -0.2) is 0 Å². The Kier molecular flexibility index (Phi) is 2.38. The number of benzene rings is 4. The summed E-state index contributed by atoms with van der Waals surface area (Å²) in [5.74, 6) is 0. The van der Waals surface area contributed by atoms with Gasteiger partial charge in [0.15, 0.2) is 0 Å². The summed E-state index contributed by atoms with van der Waals surface area (Å²) in [6.07, 6.45) is 0. The third-order valence-electron chi connectivity index (χ3n) is 3.64. The molecule has 0 N–H and O–H groups in total. The molecule has 4 aromatic carbocycles. The van der Waals surface area contributed by atoms with Crippen LogP contribution in [-0.4, -0.2) is 0 Å². The molecule has 19 heavy (non-hydrogen) atoms. The Hall–Kier alpha value is -1.21. The number of rotatable bonds is 0. The highest BCUT2D eigenvalue weighted by Gasteiger charge is 2.16. The fraction of sp³-hybridized carbons (Fsp3) is 0. The van der Waals surface area contributed by atoms with Crippen molar-refractivity contribution in [3.63, 3.8) is 0 Å². The first-order valence-corrected chi connectivity index (χ1v) is 7.02. The summed E-state index contributed by atoms with van der Waals surface area (Å²) in [7, 11) is 0. The van der Waals surface area contributed by atoms with E-state index in [-0.39, 0.29) is 0 Å². The lowest BCUT2D eigenvalue weighted by Gasteiger charge is -2.14. The molecular formula is C16H7Cl3. The van der Waals surface area contributed by atoms with Crippen LogP contribution in [0.1, 0.15) is 0 Å². The summed E-state index contributed by atoms with van der Waals surface area (Å²) in [6.45, 7) is 0. The van der Waals surface area contributed by atoms with Crippen LogP contribution < -0.4 is 0 Å². The van der Waals surface area contributed by atoms with Crippen molar-refractivity contribution in [2.45, 2.75) is 0 Å². The highest BCUT2D eigenvalue weighted by molar-refractivity contribution is 6.54. The topological polar surface area (TPSA) is 0 Å². The van der Waals surface area contributed by atoms with E-state index in [0.717, 1.165) is 16.2 Å². The molecule has 0 unspecified atom stereocenters. The molecule has 0 aromatic heterocycles. The fourth-order valence-corrected chi connectivity index (χ4v) is 3.54. The van der Waals surface area contributed by atoms with E-state index in [1.807, 2.05) is 12.1 Å². The standard InChI is InChI=1S/C16H7Cl3/c17-14-10-6-4-8-2-1-3-9-5-7-11(13(10)12(8)9)15(18)16(14)19/h1-7H. The van der Waals surface area contributed by atoms with E-state index in [1.54, 1.807) is 0 Å². The van der Waals surface area contributed by atoms with Crippen LogP contribution in [0.3, 0.4) is 0 Å². The van der Waals surface area contributed by atoms with Crippen molar-refractivity contribution in [1.29, 1.82) is 0 Å². The van der Waals surface area contributed by atoms with Gasteiger partial charge in [0.05, 0.1) is 15.1 Å². The molecule has 0 spiro atoms. The Labute approximate surface area is 124 Å². The average Bonchev–Trinajstić information content (AvgIpc) is 2.45. The van der Waals surface area contributed by atoms with E-state index in [9.17, 15) is 0 Å². The summed E-state index contributed by atoms with van der Waals surface area (Å²) >= 11 is 18.9. The van der Waals surface area contributed by atoms with Gasteiger partial charge in [0.2, 0.25) is 0 Å². The lowest BCUT2D eigenvalue weighted by Crippen LogP contribution is -1.86. The Morgan fingerprint density at radius 1 is 0.526 bits per heavy atom. The quantitative estimate of drug-likeness (QED) is 0.255. The predicted octanol–water partition coefficient (Wildman–Crippen LogP) is 6.54. The maximum atomic E-state index is 6.34. The molecule has 0 atom stereocenters. The molecule has 4 aromatic rings. The highest BCUT2D eigenvalue weighted by atomic mass is 35.5. The monoisotopic (exact) mass is 304 g/mol. The lowest BCUT2D eigenvalue weighted by atomic mass is 9.94. The largest absolute Gasteiger partial charge is 0.0820 e. The van der Waals surface area contributed by atoms with Crippen molar-refractivity contribution >= 4 is 67.1 Å². The first kappa shape index (κ1) is 11.6. The second kappa shape index (κ2) is 3.89. The van der Waals surface area contributed by atoms with Gasteiger partial charge < -0.3 is 0 Å². The molecule has 3 heteroatoms. The summed E-state index contributed by atoms with van der Waals surface area (Å²) in [5.41, 5.74) is 0. The van der Waals surface area contributed by atoms with E-state index >= 15 is 0 Å². The SMILES string of the molecule is Clc1c(Cl)c2ccc3cccc4ccc(c1Cl)c2c34. The van der Waals surface area contributed by atoms with Gasteiger partial charge in [-0.2, -0.15) is 0 Å². The molecule has 0 nitrogen and oxygen atoms in total. The van der Waals surface area contributed by atoms with Crippen LogP contribution >= 0.6 is 34.8 Å². The first-order chi connectivity index (χ1) is 9.18. The van der Waals surface area contributed by atoms with E-state index < -0.39 is 0 Å². The molecule has 0 aliphatic heterocycles. The molecule has 0 saturated heterocycles. The molecule has 0 bridgehead atoms. The number of halogens is 3. The molecular weight excluding hydrogens is 299 g/mol.